The number of methoxy groups -OCH3 is 1. The van der Waals surface area contributed by atoms with Crippen LogP contribution >= 0.6 is 15.9 Å². The molecule has 1 aromatic rings. The molecule has 1 aromatic carbocycles. The van der Waals surface area contributed by atoms with Crippen LogP contribution in [0.25, 0.3) is 0 Å². The van der Waals surface area contributed by atoms with Crippen molar-refractivity contribution in [3.63, 3.8) is 0 Å². The Hall–Kier alpha value is -0.910. The molecule has 106 valence electrons. The number of benzene rings is 1. The molecule has 1 atom stereocenters. The summed E-state index contributed by atoms with van der Waals surface area (Å²) in [6, 6.07) is 5.69. The van der Waals surface area contributed by atoms with Gasteiger partial charge >= 0.3 is 0 Å². The van der Waals surface area contributed by atoms with Crippen molar-refractivity contribution in [3.8, 4) is 0 Å². The number of carbonyl (C=O) groups is 1. The van der Waals surface area contributed by atoms with Gasteiger partial charge in [0.25, 0.3) is 0 Å². The molecule has 3 N–H and O–H groups in total. The number of hydrogen-bond donors (Lipinski definition) is 2. The molecular weight excluding hydrogens is 308 g/mol. The smallest absolute Gasteiger partial charge is 0.224 e. The van der Waals surface area contributed by atoms with E-state index in [1.54, 1.807) is 7.11 Å². The van der Waals surface area contributed by atoms with E-state index in [0.717, 1.165) is 22.1 Å². The molecule has 0 aliphatic rings. The minimum Gasteiger partial charge on any atom is -0.380 e. The standard InChI is InChI=1S/C14H21BrN2O2/c1-3-10(8-16)7-14(18)17-13-6-4-5-12(15)11(13)9-19-2/h4-6,10H,3,7-9,16H2,1-2H3,(H,17,18). The molecule has 0 spiro atoms. The van der Waals surface area contributed by atoms with Gasteiger partial charge in [-0.15, -0.1) is 0 Å². The zero-order chi connectivity index (χ0) is 14.3. The highest BCUT2D eigenvalue weighted by molar-refractivity contribution is 9.10. The summed E-state index contributed by atoms with van der Waals surface area (Å²) in [6.45, 7) is 3.03. The summed E-state index contributed by atoms with van der Waals surface area (Å²) < 4.78 is 6.08. The van der Waals surface area contributed by atoms with Gasteiger partial charge in [0, 0.05) is 29.3 Å². The number of nitrogens with one attached hydrogen (secondary N) is 1. The second-order valence-electron chi connectivity index (χ2n) is 4.46. The van der Waals surface area contributed by atoms with Crippen LogP contribution in [0.2, 0.25) is 0 Å². The Morgan fingerprint density at radius 2 is 2.26 bits per heavy atom. The first-order valence-electron chi connectivity index (χ1n) is 6.38. The van der Waals surface area contributed by atoms with Gasteiger partial charge in [-0.2, -0.15) is 0 Å². The lowest BCUT2D eigenvalue weighted by Gasteiger charge is -2.15. The summed E-state index contributed by atoms with van der Waals surface area (Å²) in [5.74, 6) is 0.228. The van der Waals surface area contributed by atoms with E-state index in [-0.39, 0.29) is 11.8 Å². The maximum atomic E-state index is 12.0. The highest BCUT2D eigenvalue weighted by Crippen LogP contribution is 2.26. The van der Waals surface area contributed by atoms with Crippen LogP contribution in [-0.4, -0.2) is 19.6 Å². The fourth-order valence-corrected chi connectivity index (χ4v) is 2.31. The van der Waals surface area contributed by atoms with Gasteiger partial charge in [-0.25, -0.2) is 0 Å². The Morgan fingerprint density at radius 3 is 2.84 bits per heavy atom. The third-order valence-electron chi connectivity index (χ3n) is 3.07. The van der Waals surface area contributed by atoms with E-state index in [1.165, 1.54) is 0 Å². The first-order chi connectivity index (χ1) is 9.12. The molecule has 1 unspecified atom stereocenters. The predicted octanol–water partition coefficient (Wildman–Crippen LogP) is 2.91. The average Bonchev–Trinajstić information content (AvgIpc) is 2.40. The summed E-state index contributed by atoms with van der Waals surface area (Å²) in [4.78, 5) is 12.0. The van der Waals surface area contributed by atoms with Crippen LogP contribution in [0.5, 0.6) is 0 Å². The third-order valence-corrected chi connectivity index (χ3v) is 3.81. The van der Waals surface area contributed by atoms with Crippen molar-refractivity contribution in [2.75, 3.05) is 19.0 Å². The summed E-state index contributed by atoms with van der Waals surface area (Å²) >= 11 is 3.46. The van der Waals surface area contributed by atoms with Gasteiger partial charge in [0.15, 0.2) is 0 Å². The third kappa shape index (κ3) is 4.93. The van der Waals surface area contributed by atoms with Gasteiger partial charge in [-0.05, 0) is 24.6 Å². The van der Waals surface area contributed by atoms with Crippen LogP contribution in [-0.2, 0) is 16.1 Å². The molecule has 5 heteroatoms. The van der Waals surface area contributed by atoms with Crippen molar-refractivity contribution in [2.45, 2.75) is 26.4 Å². The number of ether oxygens (including phenoxy) is 1. The Morgan fingerprint density at radius 1 is 1.53 bits per heavy atom. The summed E-state index contributed by atoms with van der Waals surface area (Å²) in [7, 11) is 1.63. The van der Waals surface area contributed by atoms with Crippen molar-refractivity contribution < 1.29 is 9.53 Å². The van der Waals surface area contributed by atoms with E-state index >= 15 is 0 Å². The summed E-state index contributed by atoms with van der Waals surface area (Å²) in [5, 5.41) is 2.93. The van der Waals surface area contributed by atoms with Gasteiger partial charge in [-0.1, -0.05) is 35.3 Å². The first-order valence-corrected chi connectivity index (χ1v) is 7.17. The van der Waals surface area contributed by atoms with Crippen LogP contribution in [0.3, 0.4) is 0 Å². The summed E-state index contributed by atoms with van der Waals surface area (Å²) in [5.41, 5.74) is 7.35. The number of carbonyl (C=O) groups excluding carboxylic acids is 1. The fourth-order valence-electron chi connectivity index (χ4n) is 1.82. The lowest BCUT2D eigenvalue weighted by molar-refractivity contribution is -0.117. The van der Waals surface area contributed by atoms with Crippen molar-refractivity contribution in [2.24, 2.45) is 11.7 Å². The SMILES string of the molecule is CCC(CN)CC(=O)Nc1cccc(Br)c1COC. The molecule has 0 saturated heterocycles. The second-order valence-corrected chi connectivity index (χ2v) is 5.32. The average molecular weight is 329 g/mol. The molecule has 0 aliphatic carbocycles. The molecule has 0 radical (unpaired) electrons. The van der Waals surface area contributed by atoms with E-state index in [4.69, 9.17) is 10.5 Å². The van der Waals surface area contributed by atoms with Gasteiger partial charge in [0.2, 0.25) is 5.91 Å². The molecule has 1 amide bonds. The van der Waals surface area contributed by atoms with E-state index in [0.29, 0.717) is 19.6 Å². The monoisotopic (exact) mass is 328 g/mol. The molecule has 0 bridgehead atoms. The molecule has 19 heavy (non-hydrogen) atoms. The van der Waals surface area contributed by atoms with Gasteiger partial charge in [-0.3, -0.25) is 4.79 Å². The lowest BCUT2D eigenvalue weighted by atomic mass is 10.0. The van der Waals surface area contributed by atoms with Crippen LogP contribution in [0.15, 0.2) is 22.7 Å². The van der Waals surface area contributed by atoms with Crippen LogP contribution in [0.4, 0.5) is 5.69 Å². The van der Waals surface area contributed by atoms with Crippen molar-refractivity contribution in [3.05, 3.63) is 28.2 Å². The van der Waals surface area contributed by atoms with Crippen LogP contribution in [0, 0.1) is 5.92 Å². The van der Waals surface area contributed by atoms with E-state index in [2.05, 4.69) is 21.2 Å². The van der Waals surface area contributed by atoms with E-state index in [9.17, 15) is 4.79 Å². The highest BCUT2D eigenvalue weighted by atomic mass is 79.9. The zero-order valence-electron chi connectivity index (χ0n) is 11.4. The fraction of sp³-hybridized carbons (Fsp3) is 0.500. The van der Waals surface area contributed by atoms with E-state index < -0.39 is 0 Å². The Labute approximate surface area is 122 Å². The molecular formula is C14H21BrN2O2. The topological polar surface area (TPSA) is 64.4 Å². The number of hydrogen-bond acceptors (Lipinski definition) is 3. The number of amides is 1. The predicted molar refractivity (Wildman–Crippen MR) is 80.9 cm³/mol. The molecule has 0 saturated carbocycles. The summed E-state index contributed by atoms with van der Waals surface area (Å²) in [6.07, 6.45) is 1.36. The first kappa shape index (κ1) is 16.1. The van der Waals surface area contributed by atoms with Crippen LogP contribution in [0.1, 0.15) is 25.3 Å². The van der Waals surface area contributed by atoms with Gasteiger partial charge in [0.1, 0.15) is 0 Å². The minimum absolute atomic E-state index is 0.00671. The molecule has 4 nitrogen and oxygen atoms in total. The zero-order valence-corrected chi connectivity index (χ0v) is 13.0. The normalized spacial score (nSPS) is 12.2. The van der Waals surface area contributed by atoms with Gasteiger partial charge in [0.05, 0.1) is 6.61 Å². The molecule has 0 aromatic heterocycles. The quantitative estimate of drug-likeness (QED) is 0.808. The number of nitrogens with two attached hydrogens (primary N) is 1. The Kier molecular flexibility index (Phi) is 7.05. The highest BCUT2D eigenvalue weighted by Gasteiger charge is 2.13. The maximum absolute atomic E-state index is 12.0. The molecule has 0 aliphatic heterocycles. The lowest BCUT2D eigenvalue weighted by Crippen LogP contribution is -2.22. The van der Waals surface area contributed by atoms with Crippen molar-refractivity contribution >= 4 is 27.5 Å². The van der Waals surface area contributed by atoms with Crippen molar-refractivity contribution in [1.82, 2.24) is 0 Å². The van der Waals surface area contributed by atoms with Gasteiger partial charge < -0.3 is 15.8 Å². The molecule has 1 rings (SSSR count). The largest absolute Gasteiger partial charge is 0.380 e. The maximum Gasteiger partial charge on any atom is 0.224 e. The van der Waals surface area contributed by atoms with E-state index in [1.807, 2.05) is 25.1 Å². The Bertz CT molecular complexity index is 420. The second kappa shape index (κ2) is 8.30. The number of anilines is 1. The molecule has 0 fully saturated rings. The van der Waals surface area contributed by atoms with Crippen LogP contribution < -0.4 is 11.1 Å². The number of rotatable bonds is 7. The Balaban J connectivity index is 2.76. The minimum atomic E-state index is -0.00671. The number of halogens is 1. The molecule has 0 heterocycles. The van der Waals surface area contributed by atoms with Crippen molar-refractivity contribution in [1.29, 1.82) is 0 Å².